The summed E-state index contributed by atoms with van der Waals surface area (Å²) in [6.45, 7) is 6.55. The molecule has 1 rings (SSSR count). The predicted molar refractivity (Wildman–Crippen MR) is 75.0 cm³/mol. The van der Waals surface area contributed by atoms with Gasteiger partial charge in [-0.05, 0) is 25.3 Å². The van der Waals surface area contributed by atoms with Crippen molar-refractivity contribution in [2.24, 2.45) is 18.7 Å². The number of nitrogens with one attached hydrogen (secondary N) is 1. The molecule has 18 heavy (non-hydrogen) atoms. The Bertz CT molecular complexity index is 389. The molecule has 1 heterocycles. The second-order valence-electron chi connectivity index (χ2n) is 4.83. The third kappa shape index (κ3) is 4.66. The highest BCUT2D eigenvalue weighted by atomic mass is 35.5. The summed E-state index contributed by atoms with van der Waals surface area (Å²) < 4.78 is 1.59. The van der Waals surface area contributed by atoms with Crippen LogP contribution in [0.2, 0.25) is 0 Å². The van der Waals surface area contributed by atoms with Gasteiger partial charge in [-0.15, -0.1) is 12.4 Å². The highest BCUT2D eigenvalue weighted by Crippen LogP contribution is 2.06. The Hall–Kier alpha value is -1.07. The first-order chi connectivity index (χ1) is 7.93. The van der Waals surface area contributed by atoms with Crippen LogP contribution in [0.5, 0.6) is 0 Å². The molecule has 0 fully saturated rings. The summed E-state index contributed by atoms with van der Waals surface area (Å²) in [5, 5.41) is 7.09. The lowest BCUT2D eigenvalue weighted by molar-refractivity contribution is 0.0924. The summed E-state index contributed by atoms with van der Waals surface area (Å²) >= 11 is 0. The average molecular weight is 275 g/mol. The van der Waals surface area contributed by atoms with Crippen molar-refractivity contribution in [2.45, 2.75) is 33.2 Å². The van der Waals surface area contributed by atoms with Crippen molar-refractivity contribution in [3.8, 4) is 0 Å². The van der Waals surface area contributed by atoms with Crippen LogP contribution in [0, 0.1) is 12.8 Å². The molecule has 1 unspecified atom stereocenters. The number of nitrogens with zero attached hydrogens (tertiary/aromatic N) is 2. The van der Waals surface area contributed by atoms with E-state index in [2.05, 4.69) is 24.3 Å². The summed E-state index contributed by atoms with van der Waals surface area (Å²) in [7, 11) is 1.77. The first kappa shape index (κ1) is 16.9. The van der Waals surface area contributed by atoms with Gasteiger partial charge in [0.2, 0.25) is 0 Å². The maximum Gasteiger partial charge on any atom is 0.269 e. The quantitative estimate of drug-likeness (QED) is 0.849. The van der Waals surface area contributed by atoms with Crippen LogP contribution in [-0.4, -0.2) is 28.3 Å². The Morgan fingerprint density at radius 1 is 1.56 bits per heavy atom. The van der Waals surface area contributed by atoms with Gasteiger partial charge >= 0.3 is 0 Å². The largest absolute Gasteiger partial charge is 0.347 e. The van der Waals surface area contributed by atoms with E-state index in [-0.39, 0.29) is 24.4 Å². The third-order valence-electron chi connectivity index (χ3n) is 2.61. The molecule has 0 bridgehead atoms. The molecular formula is C12H23ClN4O. The van der Waals surface area contributed by atoms with Gasteiger partial charge in [0.05, 0.1) is 5.69 Å². The summed E-state index contributed by atoms with van der Waals surface area (Å²) in [6, 6.07) is 1.80. The first-order valence-electron chi connectivity index (χ1n) is 5.95. The standard InChI is InChI=1S/C12H22N4O.ClH/c1-8(2)5-10(7-13)14-12(17)11-6-9(3)15-16(11)4;/h6,8,10H,5,7,13H2,1-4H3,(H,14,17);1H. The van der Waals surface area contributed by atoms with E-state index in [1.807, 2.05) is 6.92 Å². The lowest BCUT2D eigenvalue weighted by Crippen LogP contribution is -2.41. The average Bonchev–Trinajstić information content (AvgIpc) is 2.56. The number of hydrogen-bond acceptors (Lipinski definition) is 3. The van der Waals surface area contributed by atoms with Gasteiger partial charge in [0, 0.05) is 19.6 Å². The summed E-state index contributed by atoms with van der Waals surface area (Å²) in [6.07, 6.45) is 0.888. The lowest BCUT2D eigenvalue weighted by atomic mass is 10.0. The minimum Gasteiger partial charge on any atom is -0.347 e. The van der Waals surface area contributed by atoms with E-state index in [1.54, 1.807) is 17.8 Å². The molecule has 1 aromatic heterocycles. The number of amides is 1. The number of rotatable bonds is 5. The Morgan fingerprint density at radius 2 is 2.17 bits per heavy atom. The minimum absolute atomic E-state index is 0. The molecule has 0 radical (unpaired) electrons. The van der Waals surface area contributed by atoms with Crippen LogP contribution in [0.4, 0.5) is 0 Å². The van der Waals surface area contributed by atoms with Crippen molar-refractivity contribution in [3.05, 3.63) is 17.5 Å². The smallest absolute Gasteiger partial charge is 0.269 e. The summed E-state index contributed by atoms with van der Waals surface area (Å²) in [5.41, 5.74) is 7.07. The zero-order chi connectivity index (χ0) is 13.0. The molecule has 1 amide bonds. The molecule has 3 N–H and O–H groups in total. The van der Waals surface area contributed by atoms with Crippen molar-refractivity contribution in [2.75, 3.05) is 6.54 Å². The molecule has 0 saturated heterocycles. The van der Waals surface area contributed by atoms with Crippen LogP contribution in [0.1, 0.15) is 36.5 Å². The molecule has 0 spiro atoms. The van der Waals surface area contributed by atoms with Gasteiger partial charge in [0.15, 0.2) is 0 Å². The molecule has 6 heteroatoms. The molecular weight excluding hydrogens is 252 g/mol. The Labute approximate surface area is 115 Å². The number of halogens is 1. The van der Waals surface area contributed by atoms with Crippen molar-refractivity contribution in [1.82, 2.24) is 15.1 Å². The van der Waals surface area contributed by atoms with Gasteiger partial charge in [-0.25, -0.2) is 0 Å². The number of nitrogens with two attached hydrogens (primary N) is 1. The molecule has 1 aromatic rings. The van der Waals surface area contributed by atoms with Gasteiger partial charge in [0.1, 0.15) is 5.69 Å². The van der Waals surface area contributed by atoms with Crippen LogP contribution in [0.15, 0.2) is 6.07 Å². The fraction of sp³-hybridized carbons (Fsp3) is 0.667. The summed E-state index contributed by atoms with van der Waals surface area (Å²) in [5.74, 6) is 0.404. The second kappa shape index (κ2) is 7.38. The van der Waals surface area contributed by atoms with Crippen LogP contribution in [-0.2, 0) is 7.05 Å². The second-order valence-corrected chi connectivity index (χ2v) is 4.83. The topological polar surface area (TPSA) is 72.9 Å². The van der Waals surface area contributed by atoms with Crippen LogP contribution in [0.3, 0.4) is 0 Å². The Morgan fingerprint density at radius 3 is 2.56 bits per heavy atom. The molecule has 0 aliphatic carbocycles. The molecule has 1 atom stereocenters. The van der Waals surface area contributed by atoms with E-state index in [0.29, 0.717) is 18.2 Å². The number of hydrogen-bond donors (Lipinski definition) is 2. The van der Waals surface area contributed by atoms with Crippen LogP contribution in [0.25, 0.3) is 0 Å². The van der Waals surface area contributed by atoms with E-state index in [1.165, 1.54) is 0 Å². The SMILES string of the molecule is Cc1cc(C(=O)NC(CN)CC(C)C)n(C)n1.Cl. The van der Waals surface area contributed by atoms with E-state index in [4.69, 9.17) is 5.73 Å². The number of carbonyl (C=O) groups excluding carboxylic acids is 1. The molecule has 0 saturated carbocycles. The van der Waals surface area contributed by atoms with E-state index < -0.39 is 0 Å². The molecule has 0 aliphatic heterocycles. The zero-order valence-electron chi connectivity index (χ0n) is 11.4. The van der Waals surface area contributed by atoms with Gasteiger partial charge in [-0.2, -0.15) is 5.10 Å². The van der Waals surface area contributed by atoms with Gasteiger partial charge in [0.25, 0.3) is 5.91 Å². The Kier molecular flexibility index (Phi) is 6.94. The molecule has 0 aromatic carbocycles. The highest BCUT2D eigenvalue weighted by molar-refractivity contribution is 5.92. The van der Waals surface area contributed by atoms with Crippen molar-refractivity contribution >= 4 is 18.3 Å². The predicted octanol–water partition coefficient (Wildman–Crippen LogP) is 1.25. The Balaban J connectivity index is 0.00000289. The van der Waals surface area contributed by atoms with Crippen molar-refractivity contribution in [1.29, 1.82) is 0 Å². The number of aryl methyl sites for hydroxylation is 2. The lowest BCUT2D eigenvalue weighted by Gasteiger charge is -2.18. The van der Waals surface area contributed by atoms with Crippen LogP contribution >= 0.6 is 12.4 Å². The van der Waals surface area contributed by atoms with Crippen LogP contribution < -0.4 is 11.1 Å². The monoisotopic (exact) mass is 274 g/mol. The zero-order valence-corrected chi connectivity index (χ0v) is 12.3. The number of aromatic nitrogens is 2. The fourth-order valence-corrected chi connectivity index (χ4v) is 1.87. The van der Waals surface area contributed by atoms with Crippen molar-refractivity contribution < 1.29 is 4.79 Å². The number of carbonyl (C=O) groups is 1. The maximum atomic E-state index is 12.0. The van der Waals surface area contributed by atoms with Gasteiger partial charge in [-0.1, -0.05) is 13.8 Å². The minimum atomic E-state index is -0.107. The van der Waals surface area contributed by atoms with E-state index >= 15 is 0 Å². The molecule has 5 nitrogen and oxygen atoms in total. The maximum absolute atomic E-state index is 12.0. The van der Waals surface area contributed by atoms with Gasteiger partial charge < -0.3 is 11.1 Å². The van der Waals surface area contributed by atoms with E-state index in [0.717, 1.165) is 12.1 Å². The normalized spacial score (nSPS) is 12.1. The third-order valence-corrected chi connectivity index (χ3v) is 2.61. The van der Waals surface area contributed by atoms with Gasteiger partial charge in [-0.3, -0.25) is 9.48 Å². The highest BCUT2D eigenvalue weighted by Gasteiger charge is 2.16. The summed E-state index contributed by atoms with van der Waals surface area (Å²) in [4.78, 5) is 12.0. The molecule has 104 valence electrons. The first-order valence-corrected chi connectivity index (χ1v) is 5.95. The van der Waals surface area contributed by atoms with E-state index in [9.17, 15) is 4.79 Å². The van der Waals surface area contributed by atoms with Crippen molar-refractivity contribution in [3.63, 3.8) is 0 Å². The molecule has 0 aliphatic rings. The fourth-order valence-electron chi connectivity index (χ4n) is 1.87.